The van der Waals surface area contributed by atoms with Crippen LogP contribution in [0.5, 0.6) is 0 Å². The Morgan fingerprint density at radius 1 is 1.43 bits per heavy atom. The predicted octanol–water partition coefficient (Wildman–Crippen LogP) is 1.10. The van der Waals surface area contributed by atoms with Crippen LogP contribution in [0.3, 0.4) is 0 Å². The fourth-order valence-corrected chi connectivity index (χ4v) is 1.51. The maximum Gasteiger partial charge on any atom is 0.121 e. The zero-order valence-electron chi connectivity index (χ0n) is 8.72. The molecule has 2 unspecified atom stereocenters. The van der Waals surface area contributed by atoms with Crippen molar-refractivity contribution in [2.24, 2.45) is 0 Å². The predicted molar refractivity (Wildman–Crippen MR) is 53.8 cm³/mol. The molecule has 1 aromatic rings. The molecule has 14 heavy (non-hydrogen) atoms. The Labute approximate surface area is 84.2 Å². The molecule has 0 aliphatic carbocycles. The maximum absolute atomic E-state index is 9.81. The summed E-state index contributed by atoms with van der Waals surface area (Å²) in [5.74, 6) is 0. The molecule has 4 nitrogen and oxygen atoms in total. The Balaban J connectivity index is 2.72. The van der Waals surface area contributed by atoms with Gasteiger partial charge in [0.15, 0.2) is 0 Å². The van der Waals surface area contributed by atoms with Crippen LogP contribution in [0.4, 0.5) is 0 Å². The first-order valence-electron chi connectivity index (χ1n) is 5.08. The highest BCUT2D eigenvalue weighted by Crippen LogP contribution is 2.19. The van der Waals surface area contributed by atoms with Gasteiger partial charge < -0.3 is 10.2 Å². The van der Waals surface area contributed by atoms with Crippen molar-refractivity contribution in [3.63, 3.8) is 0 Å². The van der Waals surface area contributed by atoms with Gasteiger partial charge in [0, 0.05) is 12.7 Å². The van der Waals surface area contributed by atoms with Crippen LogP contribution in [0.1, 0.15) is 38.5 Å². The molecule has 2 N–H and O–H groups in total. The zero-order valence-corrected chi connectivity index (χ0v) is 8.72. The second kappa shape index (κ2) is 5.12. The molecular weight excluding hydrogens is 180 g/mol. The number of aliphatic hydroxyl groups is 2. The lowest BCUT2D eigenvalue weighted by atomic mass is 10.1. The van der Waals surface area contributed by atoms with Crippen LogP contribution in [0.25, 0.3) is 0 Å². The molecule has 80 valence electrons. The zero-order chi connectivity index (χ0) is 10.6. The van der Waals surface area contributed by atoms with E-state index in [2.05, 4.69) is 5.10 Å². The molecule has 0 spiro atoms. The van der Waals surface area contributed by atoms with Crippen molar-refractivity contribution < 1.29 is 10.2 Å². The van der Waals surface area contributed by atoms with E-state index in [0.29, 0.717) is 18.7 Å². The van der Waals surface area contributed by atoms with Crippen LogP contribution < -0.4 is 0 Å². The topological polar surface area (TPSA) is 58.3 Å². The Morgan fingerprint density at radius 2 is 2.14 bits per heavy atom. The molecule has 1 rings (SSSR count). The maximum atomic E-state index is 9.81. The Kier molecular flexibility index (Phi) is 4.10. The van der Waals surface area contributed by atoms with E-state index in [0.717, 1.165) is 6.42 Å². The summed E-state index contributed by atoms with van der Waals surface area (Å²) in [4.78, 5) is 0. The number of hydrogen-bond acceptors (Lipinski definition) is 3. The Bertz CT molecular complexity index is 273. The van der Waals surface area contributed by atoms with Crippen molar-refractivity contribution in [3.05, 3.63) is 18.0 Å². The summed E-state index contributed by atoms with van der Waals surface area (Å²) in [6.45, 7) is 4.64. The summed E-state index contributed by atoms with van der Waals surface area (Å²) in [5.41, 5.74) is 0.688. The van der Waals surface area contributed by atoms with Gasteiger partial charge in [0.2, 0.25) is 0 Å². The van der Waals surface area contributed by atoms with E-state index in [1.165, 1.54) is 0 Å². The largest absolute Gasteiger partial charge is 0.390 e. The Hall–Kier alpha value is -0.870. The summed E-state index contributed by atoms with van der Waals surface area (Å²) in [6.07, 6.45) is 1.59. The first-order valence-corrected chi connectivity index (χ1v) is 5.08. The molecule has 0 saturated carbocycles. The minimum absolute atomic E-state index is 0.607. The van der Waals surface area contributed by atoms with Gasteiger partial charge >= 0.3 is 0 Å². The fraction of sp³-hybridized carbons (Fsp3) is 0.700. The minimum Gasteiger partial charge on any atom is -0.390 e. The van der Waals surface area contributed by atoms with Crippen LogP contribution >= 0.6 is 0 Å². The van der Waals surface area contributed by atoms with Gasteiger partial charge in [-0.3, -0.25) is 4.68 Å². The lowest BCUT2D eigenvalue weighted by Gasteiger charge is -2.17. The summed E-state index contributed by atoms with van der Waals surface area (Å²) in [7, 11) is 0. The smallest absolute Gasteiger partial charge is 0.121 e. The second-order valence-corrected chi connectivity index (χ2v) is 3.37. The van der Waals surface area contributed by atoms with Gasteiger partial charge in [-0.1, -0.05) is 13.3 Å². The number of aliphatic hydroxyl groups excluding tert-OH is 2. The molecule has 0 aliphatic rings. The third kappa shape index (κ3) is 2.33. The van der Waals surface area contributed by atoms with Gasteiger partial charge in [-0.15, -0.1) is 0 Å². The third-order valence-corrected chi connectivity index (χ3v) is 2.30. The van der Waals surface area contributed by atoms with E-state index in [4.69, 9.17) is 0 Å². The molecule has 0 saturated heterocycles. The molecule has 2 atom stereocenters. The summed E-state index contributed by atoms with van der Waals surface area (Å²) in [5, 5.41) is 23.5. The van der Waals surface area contributed by atoms with E-state index in [1.807, 2.05) is 13.8 Å². The highest BCUT2D eigenvalue weighted by molar-refractivity contribution is 5.06. The van der Waals surface area contributed by atoms with Crippen molar-refractivity contribution in [1.82, 2.24) is 9.78 Å². The fourth-order valence-electron chi connectivity index (χ4n) is 1.51. The van der Waals surface area contributed by atoms with Crippen molar-refractivity contribution in [1.29, 1.82) is 0 Å². The number of nitrogens with zero attached hydrogens (tertiary/aromatic N) is 2. The van der Waals surface area contributed by atoms with Crippen LogP contribution in [-0.2, 0) is 6.54 Å². The Morgan fingerprint density at radius 3 is 2.71 bits per heavy atom. The third-order valence-electron chi connectivity index (χ3n) is 2.30. The number of hydrogen-bond donors (Lipinski definition) is 2. The van der Waals surface area contributed by atoms with Crippen LogP contribution in [-0.4, -0.2) is 26.1 Å². The van der Waals surface area contributed by atoms with Crippen molar-refractivity contribution in [2.45, 2.75) is 45.4 Å². The molecule has 0 fully saturated rings. The van der Waals surface area contributed by atoms with Gasteiger partial charge in [-0.05, 0) is 19.4 Å². The summed E-state index contributed by atoms with van der Waals surface area (Å²) in [6, 6.07) is 1.74. The molecule has 1 heterocycles. The highest BCUT2D eigenvalue weighted by Gasteiger charge is 2.20. The highest BCUT2D eigenvalue weighted by atomic mass is 16.3. The summed E-state index contributed by atoms with van der Waals surface area (Å²) < 4.78 is 1.70. The van der Waals surface area contributed by atoms with Crippen molar-refractivity contribution >= 4 is 0 Å². The van der Waals surface area contributed by atoms with Gasteiger partial charge in [0.25, 0.3) is 0 Å². The molecule has 4 heteroatoms. The number of aryl methyl sites for hydroxylation is 1. The molecule has 0 bridgehead atoms. The lowest BCUT2D eigenvalue weighted by Crippen LogP contribution is -2.21. The molecule has 0 aliphatic heterocycles. The first kappa shape index (κ1) is 11.2. The first-order chi connectivity index (χ1) is 6.70. The van der Waals surface area contributed by atoms with Gasteiger partial charge in [0.05, 0.1) is 11.8 Å². The normalized spacial score (nSPS) is 15.4. The molecule has 0 amide bonds. The van der Waals surface area contributed by atoms with E-state index < -0.39 is 12.2 Å². The molecule has 0 radical (unpaired) electrons. The number of rotatable bonds is 5. The SMILES string of the molecule is CCCC(O)C(O)c1ccnn1CC. The van der Waals surface area contributed by atoms with E-state index in [-0.39, 0.29) is 0 Å². The number of aromatic nitrogens is 2. The van der Waals surface area contributed by atoms with Gasteiger partial charge in [0.1, 0.15) is 6.10 Å². The van der Waals surface area contributed by atoms with E-state index >= 15 is 0 Å². The average molecular weight is 198 g/mol. The van der Waals surface area contributed by atoms with Crippen LogP contribution in [0.15, 0.2) is 12.3 Å². The monoisotopic (exact) mass is 198 g/mol. The van der Waals surface area contributed by atoms with Gasteiger partial charge in [-0.25, -0.2) is 0 Å². The van der Waals surface area contributed by atoms with Crippen LogP contribution in [0, 0.1) is 0 Å². The van der Waals surface area contributed by atoms with Crippen molar-refractivity contribution in [2.75, 3.05) is 0 Å². The summed E-state index contributed by atoms with van der Waals surface area (Å²) >= 11 is 0. The van der Waals surface area contributed by atoms with E-state index in [9.17, 15) is 10.2 Å². The lowest BCUT2D eigenvalue weighted by molar-refractivity contribution is 0.00797. The molecular formula is C10H18N2O2. The molecule has 0 aromatic carbocycles. The van der Waals surface area contributed by atoms with Gasteiger partial charge in [-0.2, -0.15) is 5.10 Å². The minimum atomic E-state index is -0.822. The van der Waals surface area contributed by atoms with Crippen molar-refractivity contribution in [3.8, 4) is 0 Å². The quantitative estimate of drug-likeness (QED) is 0.744. The second-order valence-electron chi connectivity index (χ2n) is 3.37. The van der Waals surface area contributed by atoms with E-state index in [1.54, 1.807) is 16.9 Å². The average Bonchev–Trinajstić information content (AvgIpc) is 2.64. The standard InChI is InChI=1S/C10H18N2O2/c1-3-5-9(13)10(14)8-6-7-11-12(8)4-2/h6-7,9-10,13-14H,3-5H2,1-2H3. The van der Waals surface area contributed by atoms with Crippen LogP contribution in [0.2, 0.25) is 0 Å². The molecule has 1 aromatic heterocycles.